The maximum absolute atomic E-state index is 13.5. The molecular weight excluding hydrogens is 301 g/mol. The van der Waals surface area contributed by atoms with Gasteiger partial charge in [0, 0.05) is 16.6 Å². The van der Waals surface area contributed by atoms with Gasteiger partial charge in [-0.05, 0) is 38.2 Å². The molecule has 0 aromatic heterocycles. The van der Waals surface area contributed by atoms with E-state index < -0.39 is 5.97 Å². The molecule has 0 fully saturated rings. The smallest absolute Gasteiger partial charge is 0.306 e. The van der Waals surface area contributed by atoms with E-state index in [4.69, 9.17) is 5.11 Å². The summed E-state index contributed by atoms with van der Waals surface area (Å²) in [5.41, 5.74) is 0.606. The predicted molar refractivity (Wildman–Crippen MR) is 71.9 cm³/mol. The molecule has 100 valence electrons. The predicted octanol–water partition coefficient (Wildman–Crippen LogP) is 3.13. The standard InChI is InChI=1S/C13H17BrFNO2/c1-9(13(17)18)5-6-16(2)8-10-7-11(14)3-4-12(10)15/h3-4,7,9H,5-6,8H2,1-2H3,(H,17,18). The van der Waals surface area contributed by atoms with Crippen molar-refractivity contribution in [3.63, 3.8) is 0 Å². The van der Waals surface area contributed by atoms with Crippen molar-refractivity contribution in [1.82, 2.24) is 4.90 Å². The highest BCUT2D eigenvalue weighted by Gasteiger charge is 2.12. The fourth-order valence-corrected chi connectivity index (χ4v) is 1.98. The lowest BCUT2D eigenvalue weighted by Gasteiger charge is -2.18. The molecule has 0 amide bonds. The van der Waals surface area contributed by atoms with Crippen LogP contribution in [0.2, 0.25) is 0 Å². The Bertz CT molecular complexity index is 425. The Balaban J connectivity index is 2.51. The maximum Gasteiger partial charge on any atom is 0.306 e. The average molecular weight is 318 g/mol. The minimum Gasteiger partial charge on any atom is -0.481 e. The van der Waals surface area contributed by atoms with E-state index in [-0.39, 0.29) is 11.7 Å². The second-order valence-electron chi connectivity index (χ2n) is 4.50. The van der Waals surface area contributed by atoms with Gasteiger partial charge in [0.05, 0.1) is 5.92 Å². The lowest BCUT2D eigenvalue weighted by Crippen LogP contribution is -2.23. The summed E-state index contributed by atoms with van der Waals surface area (Å²) in [6.07, 6.45) is 0.557. The van der Waals surface area contributed by atoms with Crippen molar-refractivity contribution >= 4 is 21.9 Å². The zero-order chi connectivity index (χ0) is 13.7. The molecule has 1 rings (SSSR count). The number of carbonyl (C=O) groups is 1. The summed E-state index contributed by atoms with van der Waals surface area (Å²) >= 11 is 3.30. The van der Waals surface area contributed by atoms with Gasteiger partial charge in [0.2, 0.25) is 0 Å². The van der Waals surface area contributed by atoms with Crippen molar-refractivity contribution in [2.75, 3.05) is 13.6 Å². The van der Waals surface area contributed by atoms with Gasteiger partial charge in [-0.1, -0.05) is 22.9 Å². The minimum atomic E-state index is -0.794. The molecule has 3 nitrogen and oxygen atoms in total. The highest BCUT2D eigenvalue weighted by Crippen LogP contribution is 2.17. The number of rotatable bonds is 6. The van der Waals surface area contributed by atoms with Crippen molar-refractivity contribution in [3.8, 4) is 0 Å². The Morgan fingerprint density at radius 3 is 2.83 bits per heavy atom. The van der Waals surface area contributed by atoms with E-state index in [1.54, 1.807) is 19.1 Å². The Labute approximate surface area is 115 Å². The molecule has 1 aromatic rings. The van der Waals surface area contributed by atoms with E-state index in [1.807, 2.05) is 11.9 Å². The third-order valence-corrected chi connectivity index (χ3v) is 3.31. The van der Waals surface area contributed by atoms with Crippen LogP contribution in [0.4, 0.5) is 4.39 Å². The SMILES string of the molecule is CC(CCN(C)Cc1cc(Br)ccc1F)C(=O)O. The number of hydrogen-bond acceptors (Lipinski definition) is 2. The van der Waals surface area contributed by atoms with Crippen molar-refractivity contribution in [2.45, 2.75) is 19.9 Å². The summed E-state index contributed by atoms with van der Waals surface area (Å²) in [6.45, 7) is 2.77. The lowest BCUT2D eigenvalue weighted by molar-refractivity contribution is -0.141. The van der Waals surface area contributed by atoms with Crippen LogP contribution in [-0.4, -0.2) is 29.6 Å². The van der Waals surface area contributed by atoms with Crippen molar-refractivity contribution in [2.24, 2.45) is 5.92 Å². The van der Waals surface area contributed by atoms with Gasteiger partial charge in [0.1, 0.15) is 5.82 Å². The zero-order valence-corrected chi connectivity index (χ0v) is 12.1. The molecule has 0 aliphatic carbocycles. The number of carboxylic acids is 1. The molecule has 0 spiro atoms. The first kappa shape index (κ1) is 15.1. The highest BCUT2D eigenvalue weighted by atomic mass is 79.9. The summed E-state index contributed by atoms with van der Waals surface area (Å²) in [7, 11) is 1.86. The van der Waals surface area contributed by atoms with E-state index in [2.05, 4.69) is 15.9 Å². The number of carboxylic acid groups (broad SMARTS) is 1. The normalized spacial score (nSPS) is 12.7. The van der Waals surface area contributed by atoms with E-state index in [0.717, 1.165) is 4.47 Å². The summed E-state index contributed by atoms with van der Waals surface area (Å²) in [6, 6.07) is 4.82. The Hall–Kier alpha value is -0.940. The van der Waals surface area contributed by atoms with Gasteiger partial charge in [0.15, 0.2) is 0 Å². The molecule has 0 radical (unpaired) electrons. The quantitative estimate of drug-likeness (QED) is 0.876. The Morgan fingerprint density at radius 2 is 2.22 bits per heavy atom. The van der Waals surface area contributed by atoms with Gasteiger partial charge in [0.25, 0.3) is 0 Å². The molecule has 0 bridgehead atoms. The van der Waals surface area contributed by atoms with Gasteiger partial charge in [-0.25, -0.2) is 4.39 Å². The van der Waals surface area contributed by atoms with Crippen LogP contribution in [-0.2, 0) is 11.3 Å². The molecule has 0 aliphatic heterocycles. The average Bonchev–Trinajstić information content (AvgIpc) is 2.30. The van der Waals surface area contributed by atoms with Gasteiger partial charge in [-0.15, -0.1) is 0 Å². The highest BCUT2D eigenvalue weighted by molar-refractivity contribution is 9.10. The number of hydrogen-bond donors (Lipinski definition) is 1. The lowest BCUT2D eigenvalue weighted by atomic mass is 10.1. The zero-order valence-electron chi connectivity index (χ0n) is 10.5. The second-order valence-corrected chi connectivity index (χ2v) is 5.42. The van der Waals surface area contributed by atoms with E-state index in [0.29, 0.717) is 25.1 Å². The van der Waals surface area contributed by atoms with Crippen LogP contribution in [0.25, 0.3) is 0 Å². The molecule has 5 heteroatoms. The van der Waals surface area contributed by atoms with E-state index >= 15 is 0 Å². The molecule has 1 N–H and O–H groups in total. The van der Waals surface area contributed by atoms with Crippen LogP contribution in [0.5, 0.6) is 0 Å². The van der Waals surface area contributed by atoms with Crippen molar-refractivity contribution < 1.29 is 14.3 Å². The molecular formula is C13H17BrFNO2. The summed E-state index contributed by atoms with van der Waals surface area (Å²) in [5, 5.41) is 8.78. The van der Waals surface area contributed by atoms with Gasteiger partial charge >= 0.3 is 5.97 Å². The number of aliphatic carboxylic acids is 1. The molecule has 0 heterocycles. The third-order valence-electron chi connectivity index (χ3n) is 2.81. The van der Waals surface area contributed by atoms with Crippen molar-refractivity contribution in [3.05, 3.63) is 34.1 Å². The van der Waals surface area contributed by atoms with Crippen LogP contribution >= 0.6 is 15.9 Å². The first-order chi connectivity index (χ1) is 8.40. The fourth-order valence-electron chi connectivity index (χ4n) is 1.57. The largest absolute Gasteiger partial charge is 0.481 e. The summed E-state index contributed by atoms with van der Waals surface area (Å²) in [5.74, 6) is -1.41. The van der Waals surface area contributed by atoms with Crippen LogP contribution in [0.1, 0.15) is 18.9 Å². The van der Waals surface area contributed by atoms with Crippen LogP contribution in [0.3, 0.4) is 0 Å². The number of benzene rings is 1. The second kappa shape index (κ2) is 6.85. The number of halogens is 2. The van der Waals surface area contributed by atoms with Crippen molar-refractivity contribution in [1.29, 1.82) is 0 Å². The molecule has 0 saturated heterocycles. The molecule has 1 aromatic carbocycles. The van der Waals surface area contributed by atoms with Crippen LogP contribution < -0.4 is 0 Å². The summed E-state index contributed by atoms with van der Waals surface area (Å²) < 4.78 is 14.4. The van der Waals surface area contributed by atoms with E-state index in [1.165, 1.54) is 6.07 Å². The van der Waals surface area contributed by atoms with Gasteiger partial charge in [-0.2, -0.15) is 0 Å². The molecule has 1 atom stereocenters. The Morgan fingerprint density at radius 1 is 1.56 bits per heavy atom. The first-order valence-electron chi connectivity index (χ1n) is 5.75. The maximum atomic E-state index is 13.5. The van der Waals surface area contributed by atoms with Crippen LogP contribution in [0.15, 0.2) is 22.7 Å². The summed E-state index contributed by atoms with van der Waals surface area (Å²) in [4.78, 5) is 12.6. The topological polar surface area (TPSA) is 40.5 Å². The molecule has 0 aliphatic rings. The van der Waals surface area contributed by atoms with Gasteiger partial charge in [-0.3, -0.25) is 4.79 Å². The molecule has 0 saturated carbocycles. The Kier molecular flexibility index (Phi) is 5.75. The van der Waals surface area contributed by atoms with E-state index in [9.17, 15) is 9.18 Å². The van der Waals surface area contributed by atoms with Crippen LogP contribution in [0, 0.1) is 11.7 Å². The molecule has 18 heavy (non-hydrogen) atoms. The monoisotopic (exact) mass is 317 g/mol. The number of nitrogens with zero attached hydrogens (tertiary/aromatic N) is 1. The third kappa shape index (κ3) is 4.74. The fraction of sp³-hybridized carbons (Fsp3) is 0.462. The minimum absolute atomic E-state index is 0.240. The van der Waals surface area contributed by atoms with Gasteiger partial charge < -0.3 is 10.0 Å². The first-order valence-corrected chi connectivity index (χ1v) is 6.54. The molecule has 1 unspecified atom stereocenters.